The zero-order valence-corrected chi connectivity index (χ0v) is 15.9. The molecule has 1 fully saturated rings. The van der Waals surface area contributed by atoms with Crippen LogP contribution in [0.1, 0.15) is 5.56 Å². The van der Waals surface area contributed by atoms with Crippen LogP contribution >= 0.6 is 24.0 Å². The average Bonchev–Trinajstić information content (AvgIpc) is 2.89. The van der Waals surface area contributed by atoms with Crippen molar-refractivity contribution in [2.75, 3.05) is 31.0 Å². The molecule has 0 N–H and O–H groups in total. The van der Waals surface area contributed by atoms with E-state index < -0.39 is 0 Å². The van der Waals surface area contributed by atoms with Crippen molar-refractivity contribution in [3.63, 3.8) is 0 Å². The molecule has 128 valence electrons. The maximum Gasteiger partial charge on any atom is 0.270 e. The van der Waals surface area contributed by atoms with E-state index in [4.69, 9.17) is 17.0 Å². The minimum absolute atomic E-state index is 0.112. The topological polar surface area (TPSA) is 32.8 Å². The van der Waals surface area contributed by atoms with Crippen LogP contribution < -0.4 is 14.5 Å². The maximum atomic E-state index is 12.8. The normalized spacial score (nSPS) is 15.8. The molecule has 4 nitrogen and oxygen atoms in total. The molecular formula is C19H18N2O2S2. The Bertz CT molecular complexity index is 845. The molecular weight excluding hydrogens is 352 g/mol. The second kappa shape index (κ2) is 7.29. The summed E-state index contributed by atoms with van der Waals surface area (Å²) in [5.41, 5.74) is 2.70. The van der Waals surface area contributed by atoms with Crippen molar-refractivity contribution in [2.45, 2.75) is 0 Å². The van der Waals surface area contributed by atoms with Gasteiger partial charge >= 0.3 is 0 Å². The van der Waals surface area contributed by atoms with Crippen LogP contribution in [0.15, 0.2) is 53.4 Å². The number of carbonyl (C=O) groups excluding carboxylic acids is 1. The van der Waals surface area contributed by atoms with Gasteiger partial charge in [-0.25, -0.2) is 0 Å². The Balaban J connectivity index is 1.91. The fourth-order valence-corrected chi connectivity index (χ4v) is 3.81. The van der Waals surface area contributed by atoms with Crippen molar-refractivity contribution >= 4 is 51.7 Å². The number of hydrogen-bond acceptors (Lipinski definition) is 5. The third kappa shape index (κ3) is 3.55. The van der Waals surface area contributed by atoms with E-state index in [1.54, 1.807) is 12.0 Å². The maximum absolute atomic E-state index is 12.8. The van der Waals surface area contributed by atoms with Gasteiger partial charge in [0.05, 0.1) is 17.7 Å². The van der Waals surface area contributed by atoms with E-state index in [0.717, 1.165) is 22.7 Å². The molecule has 1 amide bonds. The minimum Gasteiger partial charge on any atom is -0.496 e. The molecule has 0 atom stereocenters. The summed E-state index contributed by atoms with van der Waals surface area (Å²) < 4.78 is 5.88. The van der Waals surface area contributed by atoms with Gasteiger partial charge in [-0.05, 0) is 36.4 Å². The molecule has 0 aliphatic carbocycles. The van der Waals surface area contributed by atoms with E-state index in [9.17, 15) is 4.79 Å². The number of benzene rings is 2. The molecule has 0 saturated carbocycles. The first kappa shape index (κ1) is 17.5. The molecule has 3 rings (SSSR count). The number of amides is 1. The number of para-hydroxylation sites is 1. The zero-order valence-electron chi connectivity index (χ0n) is 14.2. The van der Waals surface area contributed by atoms with Crippen LogP contribution in [-0.4, -0.2) is 31.4 Å². The number of methoxy groups -OCH3 is 1. The van der Waals surface area contributed by atoms with Gasteiger partial charge in [0.2, 0.25) is 0 Å². The fraction of sp³-hybridized carbons (Fsp3) is 0.158. The van der Waals surface area contributed by atoms with Crippen molar-refractivity contribution in [1.29, 1.82) is 0 Å². The Hall–Kier alpha value is -2.31. The third-order valence-electron chi connectivity index (χ3n) is 3.84. The standard InChI is InChI=1S/C19H18N2O2S2/c1-20(2)14-8-10-15(11-9-14)21-18(22)17(25-19(21)24)12-13-6-4-5-7-16(13)23-3/h4-12H,1-3H3/b17-12-. The Morgan fingerprint density at radius 3 is 2.44 bits per heavy atom. The molecule has 0 bridgehead atoms. The van der Waals surface area contributed by atoms with E-state index >= 15 is 0 Å². The number of ether oxygens (including phenoxy) is 1. The molecule has 2 aromatic carbocycles. The predicted molar refractivity (Wildman–Crippen MR) is 109 cm³/mol. The van der Waals surface area contributed by atoms with Crippen LogP contribution in [0, 0.1) is 0 Å². The first-order chi connectivity index (χ1) is 12.0. The van der Waals surface area contributed by atoms with Crippen molar-refractivity contribution < 1.29 is 9.53 Å². The minimum atomic E-state index is -0.112. The lowest BCUT2D eigenvalue weighted by Gasteiger charge is -2.17. The van der Waals surface area contributed by atoms with Crippen molar-refractivity contribution in [3.05, 3.63) is 59.0 Å². The van der Waals surface area contributed by atoms with Crippen molar-refractivity contribution in [3.8, 4) is 5.75 Å². The highest BCUT2D eigenvalue weighted by Crippen LogP contribution is 2.37. The molecule has 25 heavy (non-hydrogen) atoms. The summed E-state index contributed by atoms with van der Waals surface area (Å²) in [6.45, 7) is 0. The Morgan fingerprint density at radius 1 is 1.12 bits per heavy atom. The molecule has 0 aromatic heterocycles. The first-order valence-electron chi connectivity index (χ1n) is 7.69. The number of thioether (sulfide) groups is 1. The highest BCUT2D eigenvalue weighted by Gasteiger charge is 2.33. The summed E-state index contributed by atoms with van der Waals surface area (Å²) in [4.78, 5) is 17.0. The molecule has 2 aromatic rings. The number of carbonyl (C=O) groups is 1. The first-order valence-corrected chi connectivity index (χ1v) is 8.92. The van der Waals surface area contributed by atoms with E-state index in [2.05, 4.69) is 0 Å². The molecule has 1 saturated heterocycles. The number of rotatable bonds is 4. The smallest absolute Gasteiger partial charge is 0.270 e. The SMILES string of the molecule is COc1ccccc1/C=C1\SC(=S)N(c2ccc(N(C)C)cc2)C1=O. The van der Waals surface area contributed by atoms with Crippen molar-refractivity contribution in [2.24, 2.45) is 0 Å². The fourth-order valence-electron chi connectivity index (χ4n) is 2.52. The molecule has 1 heterocycles. The zero-order chi connectivity index (χ0) is 18.0. The second-order valence-corrected chi connectivity index (χ2v) is 7.35. The van der Waals surface area contributed by atoms with E-state index in [0.29, 0.717) is 9.23 Å². The van der Waals surface area contributed by atoms with Crippen LogP contribution in [0.4, 0.5) is 11.4 Å². The van der Waals surface area contributed by atoms with Crippen LogP contribution in [-0.2, 0) is 4.79 Å². The number of nitrogens with zero attached hydrogens (tertiary/aromatic N) is 2. The van der Waals surface area contributed by atoms with Gasteiger partial charge < -0.3 is 9.64 Å². The lowest BCUT2D eigenvalue weighted by Crippen LogP contribution is -2.27. The van der Waals surface area contributed by atoms with Crippen molar-refractivity contribution in [1.82, 2.24) is 0 Å². The average molecular weight is 370 g/mol. The monoisotopic (exact) mass is 370 g/mol. The Morgan fingerprint density at radius 2 is 1.80 bits per heavy atom. The van der Waals surface area contributed by atoms with Gasteiger partial charge in [0.1, 0.15) is 5.75 Å². The molecule has 1 aliphatic heterocycles. The summed E-state index contributed by atoms with van der Waals surface area (Å²) in [5.74, 6) is 0.613. The van der Waals surface area contributed by atoms with Gasteiger partial charge in [0, 0.05) is 25.3 Å². The van der Waals surface area contributed by atoms with Gasteiger partial charge in [0.15, 0.2) is 4.32 Å². The Labute approximate surface area is 157 Å². The quantitative estimate of drug-likeness (QED) is 0.596. The number of thiocarbonyl (C=S) groups is 1. The van der Waals surface area contributed by atoms with Crippen LogP contribution in [0.3, 0.4) is 0 Å². The summed E-state index contributed by atoms with van der Waals surface area (Å²) in [5, 5.41) is 0. The largest absolute Gasteiger partial charge is 0.496 e. The second-order valence-electron chi connectivity index (χ2n) is 5.67. The van der Waals surface area contributed by atoms with E-state index in [-0.39, 0.29) is 5.91 Å². The Kier molecular flexibility index (Phi) is 5.11. The van der Waals surface area contributed by atoms with Gasteiger partial charge in [-0.1, -0.05) is 42.2 Å². The summed E-state index contributed by atoms with van der Waals surface area (Å²) >= 11 is 6.73. The van der Waals surface area contributed by atoms with Gasteiger partial charge in [0.25, 0.3) is 5.91 Å². The highest BCUT2D eigenvalue weighted by molar-refractivity contribution is 8.27. The molecule has 0 radical (unpaired) electrons. The predicted octanol–water partition coefficient (Wildman–Crippen LogP) is 4.17. The third-order valence-corrected chi connectivity index (χ3v) is 5.15. The van der Waals surface area contributed by atoms with Crippen LogP contribution in [0.5, 0.6) is 5.75 Å². The molecule has 0 spiro atoms. The van der Waals surface area contributed by atoms with Crippen LogP contribution in [0.25, 0.3) is 6.08 Å². The summed E-state index contributed by atoms with van der Waals surface area (Å²) in [6.07, 6.45) is 1.83. The molecule has 0 unspecified atom stereocenters. The number of anilines is 2. The summed E-state index contributed by atoms with van der Waals surface area (Å²) in [6, 6.07) is 15.3. The van der Waals surface area contributed by atoms with E-state index in [1.807, 2.05) is 73.6 Å². The lowest BCUT2D eigenvalue weighted by atomic mass is 10.2. The van der Waals surface area contributed by atoms with Gasteiger partial charge in [-0.3, -0.25) is 9.69 Å². The number of hydrogen-bond donors (Lipinski definition) is 0. The molecule has 1 aliphatic rings. The van der Waals surface area contributed by atoms with E-state index in [1.165, 1.54) is 11.8 Å². The molecule has 6 heteroatoms. The highest BCUT2D eigenvalue weighted by atomic mass is 32.2. The van der Waals surface area contributed by atoms with Crippen LogP contribution in [0.2, 0.25) is 0 Å². The summed E-state index contributed by atoms with van der Waals surface area (Å²) in [7, 11) is 5.57. The van der Waals surface area contributed by atoms with Gasteiger partial charge in [-0.15, -0.1) is 0 Å². The lowest BCUT2D eigenvalue weighted by molar-refractivity contribution is -0.113. The van der Waals surface area contributed by atoms with Gasteiger partial charge in [-0.2, -0.15) is 0 Å².